The molecule has 0 aromatic carbocycles. The number of hydrogen-bond donors (Lipinski definition) is 1. The summed E-state index contributed by atoms with van der Waals surface area (Å²) < 4.78 is 5.29. The number of nitrogens with two attached hydrogens (primary N) is 1. The zero-order chi connectivity index (χ0) is 14.9. The predicted octanol–water partition coefficient (Wildman–Crippen LogP) is 2.37. The van der Waals surface area contributed by atoms with Crippen LogP contribution in [0.5, 0.6) is 0 Å². The second kappa shape index (κ2) is 5.26. The van der Waals surface area contributed by atoms with Gasteiger partial charge in [0.1, 0.15) is 11.8 Å². The van der Waals surface area contributed by atoms with Crippen LogP contribution in [0.1, 0.15) is 44.0 Å². The Hall–Kier alpha value is -2.26. The van der Waals surface area contributed by atoms with E-state index in [1.165, 1.54) is 12.6 Å². The second-order valence-corrected chi connectivity index (χ2v) is 5.82. The lowest BCUT2D eigenvalue weighted by Crippen LogP contribution is -2.42. The van der Waals surface area contributed by atoms with Crippen LogP contribution in [-0.4, -0.2) is 15.1 Å². The van der Waals surface area contributed by atoms with Crippen LogP contribution >= 0.6 is 0 Å². The maximum atomic E-state index is 8.77. The summed E-state index contributed by atoms with van der Waals surface area (Å²) >= 11 is 0. The molecule has 2 aromatic rings. The van der Waals surface area contributed by atoms with Crippen molar-refractivity contribution in [3.05, 3.63) is 29.7 Å². The summed E-state index contributed by atoms with van der Waals surface area (Å²) in [5.41, 5.74) is 7.00. The maximum Gasteiger partial charge on any atom is 0.276 e. The SMILES string of the molecule is CC1CCCC(N)(c2noc(-c3ccc(C#N)cn3)n2)C1. The van der Waals surface area contributed by atoms with Gasteiger partial charge in [0.25, 0.3) is 5.89 Å². The van der Waals surface area contributed by atoms with Crippen LogP contribution in [0.4, 0.5) is 0 Å². The lowest BCUT2D eigenvalue weighted by Gasteiger charge is -2.33. The fourth-order valence-corrected chi connectivity index (χ4v) is 2.91. The van der Waals surface area contributed by atoms with E-state index in [1.54, 1.807) is 12.1 Å². The summed E-state index contributed by atoms with van der Waals surface area (Å²) in [5.74, 6) is 1.46. The van der Waals surface area contributed by atoms with Gasteiger partial charge in [0.05, 0.1) is 11.1 Å². The normalized spacial score (nSPS) is 25.5. The molecule has 108 valence electrons. The smallest absolute Gasteiger partial charge is 0.276 e. The molecule has 0 saturated heterocycles. The van der Waals surface area contributed by atoms with E-state index in [2.05, 4.69) is 22.0 Å². The fraction of sp³-hybridized carbons (Fsp3) is 0.467. The average molecular weight is 283 g/mol. The zero-order valence-corrected chi connectivity index (χ0v) is 11.9. The van der Waals surface area contributed by atoms with E-state index in [4.69, 9.17) is 15.5 Å². The lowest BCUT2D eigenvalue weighted by atomic mass is 9.76. The minimum atomic E-state index is -0.508. The summed E-state index contributed by atoms with van der Waals surface area (Å²) in [5, 5.41) is 12.8. The lowest BCUT2D eigenvalue weighted by molar-refractivity contribution is 0.222. The topological polar surface area (TPSA) is 102 Å². The minimum absolute atomic E-state index is 0.345. The fourth-order valence-electron chi connectivity index (χ4n) is 2.91. The molecule has 1 aliphatic rings. The van der Waals surface area contributed by atoms with Crippen molar-refractivity contribution in [2.75, 3.05) is 0 Å². The Labute approximate surface area is 123 Å². The average Bonchev–Trinajstić information content (AvgIpc) is 2.98. The molecule has 1 saturated carbocycles. The van der Waals surface area contributed by atoms with Crippen molar-refractivity contribution in [1.82, 2.24) is 15.1 Å². The summed E-state index contributed by atoms with van der Waals surface area (Å²) in [6, 6.07) is 5.39. The van der Waals surface area contributed by atoms with Gasteiger partial charge in [0, 0.05) is 6.20 Å². The van der Waals surface area contributed by atoms with E-state index in [9.17, 15) is 0 Å². The molecular weight excluding hydrogens is 266 g/mol. The van der Waals surface area contributed by atoms with E-state index >= 15 is 0 Å². The number of rotatable bonds is 2. The number of aromatic nitrogens is 3. The first-order chi connectivity index (χ1) is 10.1. The van der Waals surface area contributed by atoms with Gasteiger partial charge in [0.2, 0.25) is 0 Å². The van der Waals surface area contributed by atoms with Crippen molar-refractivity contribution in [3.63, 3.8) is 0 Å². The highest BCUT2D eigenvalue weighted by Gasteiger charge is 2.37. The third-order valence-corrected chi connectivity index (χ3v) is 4.02. The molecule has 0 radical (unpaired) electrons. The molecule has 2 aromatic heterocycles. The first-order valence-electron chi connectivity index (χ1n) is 7.10. The van der Waals surface area contributed by atoms with Gasteiger partial charge in [-0.05, 0) is 30.9 Å². The van der Waals surface area contributed by atoms with Crippen LogP contribution in [0.3, 0.4) is 0 Å². The molecule has 3 rings (SSSR count). The van der Waals surface area contributed by atoms with E-state index in [0.717, 1.165) is 19.3 Å². The first-order valence-corrected chi connectivity index (χ1v) is 7.10. The number of pyridine rings is 1. The highest BCUT2D eigenvalue weighted by atomic mass is 16.5. The molecule has 1 fully saturated rings. The quantitative estimate of drug-likeness (QED) is 0.907. The molecule has 6 nitrogen and oxygen atoms in total. The number of hydrogen-bond acceptors (Lipinski definition) is 6. The molecule has 0 bridgehead atoms. The number of nitrogens with zero attached hydrogens (tertiary/aromatic N) is 4. The monoisotopic (exact) mass is 283 g/mol. The molecule has 0 aliphatic heterocycles. The largest absolute Gasteiger partial charge is 0.332 e. The van der Waals surface area contributed by atoms with E-state index in [1.807, 2.05) is 6.07 Å². The standard InChI is InChI=1S/C15H17N5O/c1-10-3-2-6-15(17,7-10)14-19-13(21-20-14)12-5-4-11(8-16)9-18-12/h4-5,9-10H,2-3,6-7,17H2,1H3. The van der Waals surface area contributed by atoms with Crippen molar-refractivity contribution < 1.29 is 4.52 Å². The van der Waals surface area contributed by atoms with Gasteiger partial charge in [0.15, 0.2) is 5.82 Å². The molecule has 2 unspecified atom stereocenters. The van der Waals surface area contributed by atoms with Crippen LogP contribution in [0.25, 0.3) is 11.6 Å². The van der Waals surface area contributed by atoms with E-state index in [0.29, 0.717) is 28.9 Å². The van der Waals surface area contributed by atoms with Gasteiger partial charge in [-0.1, -0.05) is 24.9 Å². The molecule has 1 aliphatic carbocycles. The van der Waals surface area contributed by atoms with Gasteiger partial charge < -0.3 is 10.3 Å². The van der Waals surface area contributed by atoms with Gasteiger partial charge in [-0.2, -0.15) is 10.2 Å². The van der Waals surface area contributed by atoms with E-state index < -0.39 is 5.54 Å². The Morgan fingerprint density at radius 2 is 2.33 bits per heavy atom. The highest BCUT2D eigenvalue weighted by Crippen LogP contribution is 2.36. The Morgan fingerprint density at radius 3 is 3.00 bits per heavy atom. The third-order valence-electron chi connectivity index (χ3n) is 4.02. The summed E-state index contributed by atoms with van der Waals surface area (Å²) in [6.45, 7) is 2.20. The van der Waals surface area contributed by atoms with Crippen LogP contribution in [-0.2, 0) is 5.54 Å². The Balaban J connectivity index is 1.87. The molecule has 0 amide bonds. The Morgan fingerprint density at radius 1 is 1.48 bits per heavy atom. The molecule has 21 heavy (non-hydrogen) atoms. The van der Waals surface area contributed by atoms with Gasteiger partial charge >= 0.3 is 0 Å². The van der Waals surface area contributed by atoms with Gasteiger partial charge in [-0.15, -0.1) is 0 Å². The van der Waals surface area contributed by atoms with Crippen molar-refractivity contribution >= 4 is 0 Å². The molecule has 0 spiro atoms. The molecule has 2 atom stereocenters. The summed E-state index contributed by atoms with van der Waals surface area (Å²) in [4.78, 5) is 8.57. The van der Waals surface area contributed by atoms with Crippen molar-refractivity contribution in [1.29, 1.82) is 5.26 Å². The molecule has 6 heteroatoms. The van der Waals surface area contributed by atoms with Crippen LogP contribution < -0.4 is 5.73 Å². The Kier molecular flexibility index (Phi) is 3.43. The molecule has 2 N–H and O–H groups in total. The third kappa shape index (κ3) is 2.65. The predicted molar refractivity (Wildman–Crippen MR) is 75.7 cm³/mol. The molecule has 2 heterocycles. The summed E-state index contributed by atoms with van der Waals surface area (Å²) in [7, 11) is 0. The van der Waals surface area contributed by atoms with Crippen molar-refractivity contribution in [2.24, 2.45) is 11.7 Å². The maximum absolute atomic E-state index is 8.77. The highest BCUT2D eigenvalue weighted by molar-refractivity contribution is 5.48. The van der Waals surface area contributed by atoms with Crippen LogP contribution in [0, 0.1) is 17.2 Å². The minimum Gasteiger partial charge on any atom is -0.332 e. The number of nitriles is 1. The summed E-state index contributed by atoms with van der Waals surface area (Å²) in [6.07, 6.45) is 5.50. The van der Waals surface area contributed by atoms with Crippen molar-refractivity contribution in [2.45, 2.75) is 38.1 Å². The van der Waals surface area contributed by atoms with Crippen LogP contribution in [0.15, 0.2) is 22.9 Å². The van der Waals surface area contributed by atoms with Gasteiger partial charge in [-0.3, -0.25) is 0 Å². The van der Waals surface area contributed by atoms with Gasteiger partial charge in [-0.25, -0.2) is 4.98 Å². The Bertz CT molecular complexity index is 672. The first kappa shape index (κ1) is 13.7. The second-order valence-electron chi connectivity index (χ2n) is 5.82. The van der Waals surface area contributed by atoms with Crippen LogP contribution in [0.2, 0.25) is 0 Å². The molecular formula is C15H17N5O. The van der Waals surface area contributed by atoms with Crippen molar-refractivity contribution in [3.8, 4) is 17.7 Å². The zero-order valence-electron chi connectivity index (χ0n) is 11.9. The van der Waals surface area contributed by atoms with E-state index in [-0.39, 0.29) is 0 Å².